The number of nitrogens with one attached hydrogen (secondary N) is 1. The van der Waals surface area contributed by atoms with Crippen LogP contribution in [-0.2, 0) is 6.54 Å². The van der Waals surface area contributed by atoms with Crippen LogP contribution in [0.5, 0.6) is 0 Å². The predicted molar refractivity (Wildman–Crippen MR) is 111 cm³/mol. The van der Waals surface area contributed by atoms with Crippen LogP contribution in [0.3, 0.4) is 0 Å². The summed E-state index contributed by atoms with van der Waals surface area (Å²) in [7, 11) is 0. The van der Waals surface area contributed by atoms with Gasteiger partial charge in [0.2, 0.25) is 0 Å². The lowest BCUT2D eigenvalue weighted by Gasteiger charge is -2.32. The molecule has 0 unspecified atom stereocenters. The molecule has 3 aromatic rings. The first kappa shape index (κ1) is 17.7. The second-order valence-electron chi connectivity index (χ2n) is 6.91. The molecule has 136 valence electrons. The molecule has 1 fully saturated rings. The Morgan fingerprint density at radius 3 is 2.52 bits per heavy atom. The molecule has 1 N–H and O–H groups in total. The van der Waals surface area contributed by atoms with Crippen molar-refractivity contribution in [2.75, 3.05) is 18.4 Å². The highest BCUT2D eigenvalue weighted by Gasteiger charge is 2.20. The van der Waals surface area contributed by atoms with E-state index in [1.807, 2.05) is 24.3 Å². The summed E-state index contributed by atoms with van der Waals surface area (Å²) in [5.41, 5.74) is 4.08. The zero-order valence-electron chi connectivity index (χ0n) is 15.1. The lowest BCUT2D eigenvalue weighted by Crippen LogP contribution is -2.38. The van der Waals surface area contributed by atoms with Gasteiger partial charge in [0.05, 0.1) is 17.3 Å². The van der Waals surface area contributed by atoms with Gasteiger partial charge in [-0.3, -0.25) is 4.90 Å². The summed E-state index contributed by atoms with van der Waals surface area (Å²) >= 11 is 1.65. The molecule has 27 heavy (non-hydrogen) atoms. The SMILES string of the molecule is N#Cc1ccc(-c2csc(NC3CCN(Cc4ccccc4)CC3)n2)cc1. The van der Waals surface area contributed by atoms with Gasteiger partial charge in [-0.05, 0) is 30.5 Å². The van der Waals surface area contributed by atoms with E-state index in [0.717, 1.165) is 48.9 Å². The van der Waals surface area contributed by atoms with Crippen molar-refractivity contribution in [3.8, 4) is 17.3 Å². The largest absolute Gasteiger partial charge is 0.359 e. The molecule has 0 amide bonds. The lowest BCUT2D eigenvalue weighted by atomic mass is 10.0. The Balaban J connectivity index is 1.30. The molecule has 2 aromatic carbocycles. The van der Waals surface area contributed by atoms with Crippen molar-refractivity contribution < 1.29 is 0 Å². The van der Waals surface area contributed by atoms with E-state index in [2.05, 4.69) is 52.0 Å². The molecule has 4 rings (SSSR count). The maximum atomic E-state index is 8.91. The number of hydrogen-bond acceptors (Lipinski definition) is 5. The van der Waals surface area contributed by atoms with Gasteiger partial charge in [0, 0.05) is 36.6 Å². The number of hydrogen-bond donors (Lipinski definition) is 1. The number of piperidine rings is 1. The first-order valence-corrected chi connectivity index (χ1v) is 10.2. The van der Waals surface area contributed by atoms with Crippen molar-refractivity contribution in [2.24, 2.45) is 0 Å². The van der Waals surface area contributed by atoms with Gasteiger partial charge in [0.1, 0.15) is 0 Å². The van der Waals surface area contributed by atoms with Crippen molar-refractivity contribution in [1.29, 1.82) is 5.26 Å². The fourth-order valence-electron chi connectivity index (χ4n) is 3.44. The fourth-order valence-corrected chi connectivity index (χ4v) is 4.24. The summed E-state index contributed by atoms with van der Waals surface area (Å²) in [6.07, 6.45) is 2.28. The predicted octanol–water partition coefficient (Wildman–Crippen LogP) is 4.76. The summed E-state index contributed by atoms with van der Waals surface area (Å²) < 4.78 is 0. The normalized spacial score (nSPS) is 15.4. The molecule has 0 aliphatic carbocycles. The summed E-state index contributed by atoms with van der Waals surface area (Å²) in [5, 5.41) is 15.6. The van der Waals surface area contributed by atoms with E-state index in [4.69, 9.17) is 10.2 Å². The second kappa shape index (κ2) is 8.34. The maximum absolute atomic E-state index is 8.91. The average molecular weight is 375 g/mol. The molecule has 4 nitrogen and oxygen atoms in total. The minimum Gasteiger partial charge on any atom is -0.359 e. The van der Waals surface area contributed by atoms with Gasteiger partial charge in [0.15, 0.2) is 5.13 Å². The molecular formula is C22H22N4S. The van der Waals surface area contributed by atoms with Crippen molar-refractivity contribution in [3.63, 3.8) is 0 Å². The molecule has 0 saturated carbocycles. The molecule has 0 spiro atoms. The van der Waals surface area contributed by atoms with Gasteiger partial charge < -0.3 is 5.32 Å². The highest BCUT2D eigenvalue weighted by molar-refractivity contribution is 7.14. The molecule has 1 aromatic heterocycles. The van der Waals surface area contributed by atoms with E-state index < -0.39 is 0 Å². The smallest absolute Gasteiger partial charge is 0.183 e. The first-order valence-electron chi connectivity index (χ1n) is 9.29. The Morgan fingerprint density at radius 2 is 1.81 bits per heavy atom. The third-order valence-electron chi connectivity index (χ3n) is 4.98. The van der Waals surface area contributed by atoms with E-state index >= 15 is 0 Å². The van der Waals surface area contributed by atoms with Crippen LogP contribution in [0.1, 0.15) is 24.0 Å². The number of likely N-dealkylation sites (tertiary alicyclic amines) is 1. The van der Waals surface area contributed by atoms with Crippen molar-refractivity contribution >= 4 is 16.5 Å². The number of nitriles is 1. The number of benzene rings is 2. The highest BCUT2D eigenvalue weighted by atomic mass is 32.1. The summed E-state index contributed by atoms with van der Waals surface area (Å²) in [5.74, 6) is 0. The lowest BCUT2D eigenvalue weighted by molar-refractivity contribution is 0.211. The van der Waals surface area contributed by atoms with Crippen LogP contribution in [0.2, 0.25) is 0 Å². The zero-order chi connectivity index (χ0) is 18.5. The van der Waals surface area contributed by atoms with Crippen LogP contribution in [0.25, 0.3) is 11.3 Å². The van der Waals surface area contributed by atoms with Crippen molar-refractivity contribution in [3.05, 3.63) is 71.1 Å². The number of nitrogens with zero attached hydrogens (tertiary/aromatic N) is 3. The number of anilines is 1. The van der Waals surface area contributed by atoms with Crippen LogP contribution in [-0.4, -0.2) is 29.0 Å². The number of rotatable bonds is 5. The van der Waals surface area contributed by atoms with E-state index in [1.165, 1.54) is 5.56 Å². The highest BCUT2D eigenvalue weighted by Crippen LogP contribution is 2.27. The Labute approximate surface area is 164 Å². The molecule has 0 atom stereocenters. The van der Waals surface area contributed by atoms with E-state index in [0.29, 0.717) is 11.6 Å². The second-order valence-corrected chi connectivity index (χ2v) is 7.77. The Bertz CT molecular complexity index is 903. The first-order chi connectivity index (χ1) is 13.3. The third kappa shape index (κ3) is 4.54. The van der Waals surface area contributed by atoms with Gasteiger partial charge in [-0.2, -0.15) is 5.26 Å². The molecule has 1 aliphatic heterocycles. The Kier molecular flexibility index (Phi) is 5.47. The monoisotopic (exact) mass is 374 g/mol. The molecular weight excluding hydrogens is 352 g/mol. The van der Waals surface area contributed by atoms with E-state index in [1.54, 1.807) is 11.3 Å². The van der Waals surface area contributed by atoms with Crippen molar-refractivity contribution in [1.82, 2.24) is 9.88 Å². The third-order valence-corrected chi connectivity index (χ3v) is 5.75. The topological polar surface area (TPSA) is 52.0 Å². The van der Waals surface area contributed by atoms with Gasteiger partial charge in [-0.1, -0.05) is 42.5 Å². The standard InChI is InChI=1S/C22H22N4S/c23-14-17-6-8-19(9-7-17)21-16-27-22(25-21)24-20-10-12-26(13-11-20)15-18-4-2-1-3-5-18/h1-9,16,20H,10-13,15H2,(H,24,25). The minimum absolute atomic E-state index is 0.483. The van der Waals surface area contributed by atoms with Crippen molar-refractivity contribution in [2.45, 2.75) is 25.4 Å². The van der Waals surface area contributed by atoms with E-state index in [9.17, 15) is 0 Å². The van der Waals surface area contributed by atoms with E-state index in [-0.39, 0.29) is 0 Å². The van der Waals surface area contributed by atoms with Crippen LogP contribution in [0.15, 0.2) is 60.0 Å². The molecule has 0 bridgehead atoms. The average Bonchev–Trinajstić information content (AvgIpc) is 3.19. The minimum atomic E-state index is 0.483. The summed E-state index contributed by atoms with van der Waals surface area (Å²) in [6, 6.07) is 20.9. The van der Waals surface area contributed by atoms with Gasteiger partial charge in [0.25, 0.3) is 0 Å². The number of aromatic nitrogens is 1. The zero-order valence-corrected chi connectivity index (χ0v) is 16.0. The van der Waals surface area contributed by atoms with Gasteiger partial charge in [-0.15, -0.1) is 11.3 Å². The number of thiazole rings is 1. The quantitative estimate of drug-likeness (QED) is 0.700. The van der Waals surface area contributed by atoms with Gasteiger partial charge in [-0.25, -0.2) is 4.98 Å². The molecule has 2 heterocycles. The molecule has 1 saturated heterocycles. The Morgan fingerprint density at radius 1 is 1.07 bits per heavy atom. The fraction of sp³-hybridized carbons (Fsp3) is 0.273. The van der Waals surface area contributed by atoms with Crippen LogP contribution in [0.4, 0.5) is 5.13 Å². The van der Waals surface area contributed by atoms with Gasteiger partial charge >= 0.3 is 0 Å². The van der Waals surface area contributed by atoms with Crippen LogP contribution in [0, 0.1) is 11.3 Å². The van der Waals surface area contributed by atoms with Crippen LogP contribution >= 0.6 is 11.3 Å². The molecule has 0 radical (unpaired) electrons. The summed E-state index contributed by atoms with van der Waals surface area (Å²) in [4.78, 5) is 7.25. The van der Waals surface area contributed by atoms with Crippen LogP contribution < -0.4 is 5.32 Å². The molecule has 1 aliphatic rings. The summed E-state index contributed by atoms with van der Waals surface area (Å²) in [6.45, 7) is 3.26. The Hall–Kier alpha value is -2.68. The maximum Gasteiger partial charge on any atom is 0.183 e. The molecule has 5 heteroatoms.